The van der Waals surface area contributed by atoms with Gasteiger partial charge in [-0.1, -0.05) is 6.58 Å². The summed E-state index contributed by atoms with van der Waals surface area (Å²) in [6.45, 7) is 3.21. The molecule has 0 fully saturated rings. The van der Waals surface area contributed by atoms with Crippen LogP contribution in [0.5, 0.6) is 0 Å². The molecule has 1 rings (SSSR count). The Labute approximate surface area is 81.2 Å². The van der Waals surface area contributed by atoms with Crippen LogP contribution < -0.4 is 0 Å². The minimum atomic E-state index is -0.617. The summed E-state index contributed by atoms with van der Waals surface area (Å²) < 4.78 is 4.42. The first-order chi connectivity index (χ1) is 6.74. The number of hydrogen-bond donors (Lipinski definition) is 0. The maximum atomic E-state index is 11.4. The number of carbonyl (C=O) groups excluding carboxylic acids is 2. The lowest BCUT2D eigenvalue weighted by molar-refractivity contribution is -0.136. The van der Waals surface area contributed by atoms with E-state index in [0.29, 0.717) is 5.56 Å². The molecule has 0 aliphatic heterocycles. The van der Waals surface area contributed by atoms with Crippen LogP contribution in [0, 0.1) is 0 Å². The molecule has 1 aromatic heterocycles. The maximum absolute atomic E-state index is 11.4. The minimum Gasteiger partial charge on any atom is -0.435 e. The Morgan fingerprint density at radius 3 is 2.93 bits per heavy atom. The maximum Gasteiger partial charge on any atom is 0.318 e. The number of hydrogen-bond acceptors (Lipinski definition) is 4. The first-order valence-electron chi connectivity index (χ1n) is 3.97. The van der Waals surface area contributed by atoms with Gasteiger partial charge in [0.05, 0.1) is 6.26 Å². The van der Waals surface area contributed by atoms with Crippen LogP contribution in [-0.2, 0) is 9.53 Å². The third kappa shape index (κ3) is 2.82. The van der Waals surface area contributed by atoms with E-state index < -0.39 is 5.97 Å². The standard InChI is InChI=1S/C10H9NO3/c1-2-14-10(13)6-9(12)8-4-3-5-11-7-8/h2-5,7H,1,6H2. The molecule has 1 heterocycles. The van der Waals surface area contributed by atoms with Gasteiger partial charge in [0.1, 0.15) is 6.42 Å². The molecular formula is C10H9NO3. The van der Waals surface area contributed by atoms with Gasteiger partial charge in [-0.15, -0.1) is 0 Å². The van der Waals surface area contributed by atoms with Gasteiger partial charge in [0, 0.05) is 18.0 Å². The van der Waals surface area contributed by atoms with Crippen LogP contribution in [-0.4, -0.2) is 16.7 Å². The molecule has 0 atom stereocenters. The van der Waals surface area contributed by atoms with Gasteiger partial charge in [-0.3, -0.25) is 14.6 Å². The molecule has 4 nitrogen and oxygen atoms in total. The number of ether oxygens (including phenoxy) is 1. The van der Waals surface area contributed by atoms with E-state index in [-0.39, 0.29) is 12.2 Å². The smallest absolute Gasteiger partial charge is 0.318 e. The second-order valence-corrected chi connectivity index (χ2v) is 2.50. The molecule has 72 valence electrons. The molecule has 0 N–H and O–H groups in total. The molecule has 1 aromatic rings. The van der Waals surface area contributed by atoms with Gasteiger partial charge < -0.3 is 4.74 Å². The number of rotatable bonds is 4. The van der Waals surface area contributed by atoms with Gasteiger partial charge in [-0.05, 0) is 12.1 Å². The molecule has 0 aliphatic carbocycles. The van der Waals surface area contributed by atoms with Crippen molar-refractivity contribution in [2.45, 2.75) is 6.42 Å². The van der Waals surface area contributed by atoms with E-state index in [1.807, 2.05) is 0 Å². The van der Waals surface area contributed by atoms with Crippen molar-refractivity contribution in [2.24, 2.45) is 0 Å². The molecule has 4 heteroatoms. The van der Waals surface area contributed by atoms with E-state index in [9.17, 15) is 9.59 Å². The van der Waals surface area contributed by atoms with Gasteiger partial charge in [-0.2, -0.15) is 0 Å². The molecule has 0 amide bonds. The van der Waals surface area contributed by atoms with Crippen LogP contribution in [0.3, 0.4) is 0 Å². The molecule has 0 bridgehead atoms. The van der Waals surface area contributed by atoms with Gasteiger partial charge in [-0.25, -0.2) is 0 Å². The number of esters is 1. The van der Waals surface area contributed by atoms with Crippen LogP contribution in [0.1, 0.15) is 16.8 Å². The van der Waals surface area contributed by atoms with Gasteiger partial charge in [0.15, 0.2) is 5.78 Å². The van der Waals surface area contributed by atoms with Crippen molar-refractivity contribution < 1.29 is 14.3 Å². The average molecular weight is 191 g/mol. The molecule has 0 aliphatic rings. The summed E-state index contributed by atoms with van der Waals surface area (Å²) in [5.74, 6) is -0.932. The quantitative estimate of drug-likeness (QED) is 0.312. The van der Waals surface area contributed by atoms with E-state index in [2.05, 4.69) is 16.3 Å². The molecule has 0 spiro atoms. The summed E-state index contributed by atoms with van der Waals surface area (Å²) in [4.78, 5) is 26.0. The van der Waals surface area contributed by atoms with Crippen molar-refractivity contribution in [3.8, 4) is 0 Å². The molecular weight excluding hydrogens is 182 g/mol. The Morgan fingerprint density at radius 2 is 2.36 bits per heavy atom. The van der Waals surface area contributed by atoms with Crippen LogP contribution in [0.4, 0.5) is 0 Å². The first kappa shape index (κ1) is 10.1. The highest BCUT2D eigenvalue weighted by molar-refractivity contribution is 6.05. The fraction of sp³-hybridized carbons (Fsp3) is 0.100. The number of pyridine rings is 1. The Bertz CT molecular complexity index is 346. The van der Waals surface area contributed by atoms with Crippen molar-refractivity contribution in [2.75, 3.05) is 0 Å². The van der Waals surface area contributed by atoms with Crippen LogP contribution >= 0.6 is 0 Å². The van der Waals surface area contributed by atoms with E-state index in [0.717, 1.165) is 6.26 Å². The highest BCUT2D eigenvalue weighted by Crippen LogP contribution is 2.01. The third-order valence-electron chi connectivity index (χ3n) is 1.50. The summed E-state index contributed by atoms with van der Waals surface area (Å²) in [5, 5.41) is 0. The minimum absolute atomic E-state index is 0.294. The van der Waals surface area contributed by atoms with E-state index in [1.165, 1.54) is 6.20 Å². The molecule has 0 aromatic carbocycles. The number of nitrogens with zero attached hydrogens (tertiary/aromatic N) is 1. The summed E-state index contributed by atoms with van der Waals surface area (Å²) in [6, 6.07) is 3.22. The lowest BCUT2D eigenvalue weighted by Gasteiger charge is -1.98. The zero-order chi connectivity index (χ0) is 10.4. The number of aromatic nitrogens is 1. The number of carbonyl (C=O) groups is 2. The van der Waals surface area contributed by atoms with Crippen molar-refractivity contribution in [1.29, 1.82) is 0 Å². The fourth-order valence-corrected chi connectivity index (χ4v) is 0.895. The lowest BCUT2D eigenvalue weighted by Crippen LogP contribution is -2.09. The summed E-state index contributed by atoms with van der Waals surface area (Å²) in [6.07, 6.45) is 3.67. The highest BCUT2D eigenvalue weighted by atomic mass is 16.5. The number of Topliss-reactive ketones (excluding diaryl/α,β-unsaturated/α-hetero) is 1. The zero-order valence-corrected chi connectivity index (χ0v) is 7.47. The fourth-order valence-electron chi connectivity index (χ4n) is 0.895. The SMILES string of the molecule is C=COC(=O)CC(=O)c1cccnc1. The molecule has 0 unspecified atom stereocenters. The topological polar surface area (TPSA) is 56.3 Å². The van der Waals surface area contributed by atoms with Crippen LogP contribution in [0.25, 0.3) is 0 Å². The largest absolute Gasteiger partial charge is 0.435 e. The van der Waals surface area contributed by atoms with E-state index in [4.69, 9.17) is 0 Å². The van der Waals surface area contributed by atoms with Gasteiger partial charge >= 0.3 is 5.97 Å². The van der Waals surface area contributed by atoms with Gasteiger partial charge in [0.25, 0.3) is 0 Å². The molecule has 0 radical (unpaired) electrons. The third-order valence-corrected chi connectivity index (χ3v) is 1.50. The van der Waals surface area contributed by atoms with Crippen molar-refractivity contribution in [1.82, 2.24) is 4.98 Å². The summed E-state index contributed by atoms with van der Waals surface area (Å²) in [7, 11) is 0. The van der Waals surface area contributed by atoms with Gasteiger partial charge in [0.2, 0.25) is 0 Å². The second-order valence-electron chi connectivity index (χ2n) is 2.50. The van der Waals surface area contributed by atoms with Crippen molar-refractivity contribution in [3.05, 3.63) is 42.9 Å². The highest BCUT2D eigenvalue weighted by Gasteiger charge is 2.11. The molecule has 0 saturated carbocycles. The number of ketones is 1. The average Bonchev–Trinajstić information content (AvgIpc) is 2.19. The monoisotopic (exact) mass is 191 g/mol. The predicted molar refractivity (Wildman–Crippen MR) is 49.5 cm³/mol. The first-order valence-corrected chi connectivity index (χ1v) is 3.97. The lowest BCUT2D eigenvalue weighted by atomic mass is 10.1. The summed E-state index contributed by atoms with van der Waals surface area (Å²) in [5.41, 5.74) is 0.397. The van der Waals surface area contributed by atoms with E-state index >= 15 is 0 Å². The molecule has 0 saturated heterocycles. The van der Waals surface area contributed by atoms with Crippen molar-refractivity contribution in [3.63, 3.8) is 0 Å². The predicted octanol–water partition coefficient (Wildman–Crippen LogP) is 1.34. The zero-order valence-electron chi connectivity index (χ0n) is 7.47. The Balaban J connectivity index is 2.59. The van der Waals surface area contributed by atoms with Crippen molar-refractivity contribution >= 4 is 11.8 Å². The molecule has 14 heavy (non-hydrogen) atoms. The Kier molecular flexibility index (Phi) is 3.55. The second kappa shape index (κ2) is 4.91. The normalized spacial score (nSPS) is 9.14. The van der Waals surface area contributed by atoms with E-state index in [1.54, 1.807) is 18.3 Å². The van der Waals surface area contributed by atoms with Crippen LogP contribution in [0.15, 0.2) is 37.4 Å². The Hall–Kier alpha value is -1.97. The Morgan fingerprint density at radius 1 is 1.57 bits per heavy atom. The van der Waals surface area contributed by atoms with Crippen LogP contribution in [0.2, 0.25) is 0 Å². The summed E-state index contributed by atoms with van der Waals surface area (Å²) >= 11 is 0.